The number of hydrogen-bond acceptors (Lipinski definition) is 3. The summed E-state index contributed by atoms with van der Waals surface area (Å²) in [6.45, 7) is 1.15. The van der Waals surface area contributed by atoms with Crippen molar-refractivity contribution in [2.45, 2.75) is 44.7 Å². The first kappa shape index (κ1) is 13.1. The summed E-state index contributed by atoms with van der Waals surface area (Å²) in [4.78, 5) is 25.6. The summed E-state index contributed by atoms with van der Waals surface area (Å²) in [6, 6.07) is 1.91. The normalized spacial score (nSPS) is 18.9. The first-order valence-corrected chi connectivity index (χ1v) is 7.25. The molecule has 1 aromatic rings. The summed E-state index contributed by atoms with van der Waals surface area (Å²) in [7, 11) is 1.65. The Morgan fingerprint density at radius 3 is 2.90 bits per heavy atom. The lowest BCUT2D eigenvalue weighted by molar-refractivity contribution is 0.187. The fraction of sp³-hybridized carbons (Fsp3) is 0.643. The third kappa shape index (κ3) is 2.55. The van der Waals surface area contributed by atoms with Crippen molar-refractivity contribution >= 4 is 6.03 Å². The number of aromatic nitrogens is 2. The average molecular weight is 276 g/mol. The van der Waals surface area contributed by atoms with Crippen molar-refractivity contribution in [3.05, 3.63) is 27.7 Å². The molecule has 6 heteroatoms. The van der Waals surface area contributed by atoms with Crippen LogP contribution in [-0.2, 0) is 20.0 Å². The molecule has 1 aliphatic carbocycles. The van der Waals surface area contributed by atoms with Crippen LogP contribution in [0.15, 0.2) is 10.9 Å². The van der Waals surface area contributed by atoms with Crippen LogP contribution in [0.25, 0.3) is 0 Å². The van der Waals surface area contributed by atoms with Gasteiger partial charge in [0.2, 0.25) is 0 Å². The minimum Gasteiger partial charge on any atom is -0.335 e. The molecule has 0 bridgehead atoms. The van der Waals surface area contributed by atoms with E-state index in [1.165, 1.54) is 17.5 Å². The van der Waals surface area contributed by atoms with Gasteiger partial charge in [0, 0.05) is 44.2 Å². The fourth-order valence-corrected chi connectivity index (χ4v) is 3.00. The van der Waals surface area contributed by atoms with Crippen molar-refractivity contribution in [3.63, 3.8) is 0 Å². The van der Waals surface area contributed by atoms with E-state index in [0.29, 0.717) is 25.6 Å². The zero-order chi connectivity index (χ0) is 14.1. The van der Waals surface area contributed by atoms with Crippen molar-refractivity contribution in [3.8, 4) is 0 Å². The van der Waals surface area contributed by atoms with Crippen LogP contribution in [0.2, 0.25) is 0 Å². The number of urea groups is 1. The van der Waals surface area contributed by atoms with E-state index in [-0.39, 0.29) is 11.6 Å². The third-order valence-electron chi connectivity index (χ3n) is 4.21. The Bertz CT molecular complexity index is 575. The summed E-state index contributed by atoms with van der Waals surface area (Å²) in [5, 5.41) is 7.34. The number of rotatable bonds is 1. The van der Waals surface area contributed by atoms with E-state index < -0.39 is 0 Å². The molecule has 2 aliphatic rings. The number of hydrogen-bond donors (Lipinski definition) is 1. The maximum absolute atomic E-state index is 12.2. The zero-order valence-corrected chi connectivity index (χ0v) is 11.8. The monoisotopic (exact) mass is 276 g/mol. The van der Waals surface area contributed by atoms with E-state index in [4.69, 9.17) is 0 Å². The number of nitrogens with one attached hydrogen (secondary N) is 1. The summed E-state index contributed by atoms with van der Waals surface area (Å²) in [5.74, 6) is 0. The summed E-state index contributed by atoms with van der Waals surface area (Å²) < 4.78 is 1.35. The first-order chi connectivity index (χ1) is 9.63. The average Bonchev–Trinajstić information content (AvgIpc) is 2.92. The van der Waals surface area contributed by atoms with Gasteiger partial charge in [-0.25, -0.2) is 9.48 Å². The number of nitrogens with zero attached hydrogens (tertiary/aromatic N) is 3. The standard InChI is InChI=1S/C14H20N4O2/c1-17-13(19)8-10-9-18(7-6-12(10)16-17)14(20)15-11-4-2-3-5-11/h8,11H,2-7,9H2,1H3,(H,15,20). The molecule has 2 heterocycles. The van der Waals surface area contributed by atoms with E-state index in [0.717, 1.165) is 24.1 Å². The van der Waals surface area contributed by atoms with Crippen molar-refractivity contribution in [1.82, 2.24) is 20.0 Å². The first-order valence-electron chi connectivity index (χ1n) is 7.25. The van der Waals surface area contributed by atoms with Gasteiger partial charge in [-0.3, -0.25) is 4.79 Å². The van der Waals surface area contributed by atoms with Gasteiger partial charge >= 0.3 is 6.03 Å². The highest BCUT2D eigenvalue weighted by molar-refractivity contribution is 5.74. The predicted molar refractivity (Wildman–Crippen MR) is 74.4 cm³/mol. The Morgan fingerprint density at radius 2 is 2.15 bits per heavy atom. The molecule has 0 radical (unpaired) electrons. The van der Waals surface area contributed by atoms with Gasteiger partial charge in [-0.2, -0.15) is 5.10 Å². The van der Waals surface area contributed by atoms with Crippen LogP contribution >= 0.6 is 0 Å². The van der Waals surface area contributed by atoms with E-state index >= 15 is 0 Å². The molecule has 0 spiro atoms. The van der Waals surface area contributed by atoms with Gasteiger partial charge in [-0.15, -0.1) is 0 Å². The maximum Gasteiger partial charge on any atom is 0.317 e. The van der Waals surface area contributed by atoms with Crippen molar-refractivity contribution in [2.75, 3.05) is 6.54 Å². The van der Waals surface area contributed by atoms with Gasteiger partial charge in [0.25, 0.3) is 5.56 Å². The number of carbonyl (C=O) groups is 1. The highest BCUT2D eigenvalue weighted by atomic mass is 16.2. The van der Waals surface area contributed by atoms with E-state index in [2.05, 4.69) is 10.4 Å². The Morgan fingerprint density at radius 1 is 1.40 bits per heavy atom. The second-order valence-electron chi connectivity index (χ2n) is 5.68. The Hall–Kier alpha value is -1.85. The Kier molecular flexibility index (Phi) is 3.46. The minimum atomic E-state index is -0.123. The van der Waals surface area contributed by atoms with Gasteiger partial charge in [0.15, 0.2) is 0 Å². The smallest absolute Gasteiger partial charge is 0.317 e. The second kappa shape index (κ2) is 5.26. The van der Waals surface area contributed by atoms with Crippen molar-refractivity contribution in [1.29, 1.82) is 0 Å². The maximum atomic E-state index is 12.2. The topological polar surface area (TPSA) is 67.2 Å². The molecular formula is C14H20N4O2. The molecule has 0 atom stereocenters. The van der Waals surface area contributed by atoms with Crippen LogP contribution in [-0.4, -0.2) is 33.3 Å². The molecule has 2 amide bonds. The van der Waals surface area contributed by atoms with Gasteiger partial charge in [0.05, 0.1) is 5.69 Å². The van der Waals surface area contributed by atoms with Crippen LogP contribution in [0.1, 0.15) is 36.9 Å². The number of fused-ring (bicyclic) bond motifs is 1. The molecule has 1 saturated carbocycles. The molecule has 108 valence electrons. The Balaban J connectivity index is 1.69. The van der Waals surface area contributed by atoms with E-state index in [9.17, 15) is 9.59 Å². The van der Waals surface area contributed by atoms with Crippen LogP contribution in [0.4, 0.5) is 4.79 Å². The molecule has 0 aromatic carbocycles. The van der Waals surface area contributed by atoms with Crippen LogP contribution in [0.3, 0.4) is 0 Å². The summed E-state index contributed by atoms with van der Waals surface area (Å²) in [6.07, 6.45) is 5.28. The lowest BCUT2D eigenvalue weighted by Gasteiger charge is -2.29. The summed E-state index contributed by atoms with van der Waals surface area (Å²) in [5.41, 5.74) is 1.68. The molecule has 1 N–H and O–H groups in total. The van der Waals surface area contributed by atoms with Gasteiger partial charge in [-0.1, -0.05) is 12.8 Å². The van der Waals surface area contributed by atoms with E-state index in [1.807, 2.05) is 0 Å². The predicted octanol–water partition coefficient (Wildman–Crippen LogP) is 0.791. The van der Waals surface area contributed by atoms with Gasteiger partial charge in [-0.05, 0) is 12.8 Å². The van der Waals surface area contributed by atoms with Crippen LogP contribution in [0, 0.1) is 0 Å². The lowest BCUT2D eigenvalue weighted by atomic mass is 10.1. The number of aryl methyl sites for hydroxylation is 1. The quantitative estimate of drug-likeness (QED) is 0.824. The highest BCUT2D eigenvalue weighted by Gasteiger charge is 2.25. The molecule has 3 rings (SSSR count). The number of carbonyl (C=O) groups excluding carboxylic acids is 1. The fourth-order valence-electron chi connectivity index (χ4n) is 3.00. The molecule has 6 nitrogen and oxygen atoms in total. The van der Waals surface area contributed by atoms with Crippen molar-refractivity contribution in [2.24, 2.45) is 7.05 Å². The molecule has 1 fully saturated rings. The summed E-state index contributed by atoms with van der Waals surface area (Å²) >= 11 is 0. The van der Waals surface area contributed by atoms with Crippen LogP contribution < -0.4 is 10.9 Å². The minimum absolute atomic E-state index is 0.0109. The van der Waals surface area contributed by atoms with Gasteiger partial charge in [0.1, 0.15) is 0 Å². The van der Waals surface area contributed by atoms with E-state index in [1.54, 1.807) is 18.0 Å². The number of amides is 2. The van der Waals surface area contributed by atoms with Gasteiger partial charge < -0.3 is 10.2 Å². The second-order valence-corrected chi connectivity index (χ2v) is 5.68. The molecule has 1 aliphatic heterocycles. The molecular weight excluding hydrogens is 256 g/mol. The molecule has 0 unspecified atom stereocenters. The zero-order valence-electron chi connectivity index (χ0n) is 11.8. The SMILES string of the molecule is Cn1nc2c(cc1=O)CN(C(=O)NC1CCCC1)CC2. The van der Waals surface area contributed by atoms with Crippen molar-refractivity contribution < 1.29 is 4.79 Å². The molecule has 0 saturated heterocycles. The molecule has 20 heavy (non-hydrogen) atoms. The Labute approximate surface area is 117 Å². The highest BCUT2D eigenvalue weighted by Crippen LogP contribution is 2.19. The van der Waals surface area contributed by atoms with Crippen LogP contribution in [0.5, 0.6) is 0 Å². The largest absolute Gasteiger partial charge is 0.335 e. The molecule has 1 aromatic heterocycles. The third-order valence-corrected chi connectivity index (χ3v) is 4.21. The lowest BCUT2D eigenvalue weighted by Crippen LogP contribution is -2.46.